The Morgan fingerprint density at radius 1 is 1.24 bits per heavy atom. The second-order valence-electron chi connectivity index (χ2n) is 5.51. The van der Waals surface area contributed by atoms with E-state index in [2.05, 4.69) is 26.1 Å². The lowest BCUT2D eigenvalue weighted by molar-refractivity contribution is 0.409. The van der Waals surface area contributed by atoms with Crippen LogP contribution in [0.15, 0.2) is 18.2 Å². The number of halogens is 2. The summed E-state index contributed by atoms with van der Waals surface area (Å²) in [5.74, 6) is -1.46. The van der Waals surface area contributed by atoms with E-state index >= 15 is 0 Å². The first kappa shape index (κ1) is 14.1. The van der Waals surface area contributed by atoms with Gasteiger partial charge in [-0.15, -0.1) is 0 Å². The molecule has 0 amide bonds. The average molecular weight is 241 g/mol. The molecule has 0 aliphatic carbocycles. The van der Waals surface area contributed by atoms with Gasteiger partial charge in [-0.25, -0.2) is 8.78 Å². The van der Waals surface area contributed by atoms with Crippen molar-refractivity contribution in [2.24, 2.45) is 0 Å². The molecule has 1 aromatic carbocycles. The summed E-state index contributed by atoms with van der Waals surface area (Å²) in [5.41, 5.74) is 0.515. The van der Waals surface area contributed by atoms with E-state index in [0.717, 1.165) is 19.0 Å². The van der Waals surface area contributed by atoms with Crippen LogP contribution in [0.5, 0.6) is 0 Å². The molecular weight excluding hydrogens is 220 g/mol. The molecule has 0 fully saturated rings. The highest BCUT2D eigenvalue weighted by atomic mass is 19.2. The average Bonchev–Trinajstić information content (AvgIpc) is 2.20. The summed E-state index contributed by atoms with van der Waals surface area (Å²) >= 11 is 0. The van der Waals surface area contributed by atoms with Crippen LogP contribution in [0.2, 0.25) is 0 Å². The van der Waals surface area contributed by atoms with Crippen LogP contribution in [0.1, 0.15) is 45.6 Å². The molecule has 0 saturated heterocycles. The molecule has 0 bridgehead atoms. The highest BCUT2D eigenvalue weighted by Crippen LogP contribution is 2.23. The molecule has 1 aromatic rings. The molecule has 0 spiro atoms. The summed E-state index contributed by atoms with van der Waals surface area (Å²) in [4.78, 5) is 0. The Morgan fingerprint density at radius 3 is 2.47 bits per heavy atom. The maximum absolute atomic E-state index is 13.5. The molecule has 3 heteroatoms. The van der Waals surface area contributed by atoms with Crippen LogP contribution in [0.3, 0.4) is 0 Å². The van der Waals surface area contributed by atoms with Crippen molar-refractivity contribution < 1.29 is 8.78 Å². The van der Waals surface area contributed by atoms with Gasteiger partial charge in [-0.2, -0.15) is 0 Å². The molecule has 1 rings (SSSR count). The van der Waals surface area contributed by atoms with Gasteiger partial charge in [0.1, 0.15) is 0 Å². The van der Waals surface area contributed by atoms with Crippen molar-refractivity contribution in [1.29, 1.82) is 0 Å². The zero-order chi connectivity index (χ0) is 13.1. The number of rotatable bonds is 4. The van der Waals surface area contributed by atoms with Gasteiger partial charge >= 0.3 is 0 Å². The molecule has 96 valence electrons. The third-order valence-electron chi connectivity index (χ3n) is 2.75. The first-order valence-electron chi connectivity index (χ1n) is 6.00. The summed E-state index contributed by atoms with van der Waals surface area (Å²) in [5, 5.41) is 3.34. The fourth-order valence-electron chi connectivity index (χ4n) is 1.72. The van der Waals surface area contributed by atoms with Gasteiger partial charge in [0, 0.05) is 5.54 Å². The Balaban J connectivity index is 2.58. The third kappa shape index (κ3) is 4.43. The van der Waals surface area contributed by atoms with Crippen molar-refractivity contribution in [3.05, 3.63) is 35.4 Å². The van der Waals surface area contributed by atoms with Gasteiger partial charge in [0.2, 0.25) is 0 Å². The van der Waals surface area contributed by atoms with Gasteiger partial charge in [0.25, 0.3) is 0 Å². The molecule has 1 unspecified atom stereocenters. The van der Waals surface area contributed by atoms with Crippen LogP contribution in [0.25, 0.3) is 0 Å². The first-order chi connectivity index (χ1) is 7.81. The maximum atomic E-state index is 13.5. The van der Waals surface area contributed by atoms with E-state index in [4.69, 9.17) is 0 Å². The monoisotopic (exact) mass is 241 g/mol. The Bertz CT molecular complexity index is 369. The molecule has 0 saturated carbocycles. The molecule has 0 aromatic heterocycles. The third-order valence-corrected chi connectivity index (χ3v) is 2.75. The van der Waals surface area contributed by atoms with Crippen molar-refractivity contribution >= 4 is 0 Å². The van der Waals surface area contributed by atoms with Gasteiger partial charge < -0.3 is 5.32 Å². The second-order valence-corrected chi connectivity index (χ2v) is 5.51. The van der Waals surface area contributed by atoms with Crippen LogP contribution in [0.4, 0.5) is 8.78 Å². The van der Waals surface area contributed by atoms with Crippen LogP contribution in [-0.4, -0.2) is 12.1 Å². The minimum absolute atomic E-state index is 0.0144. The molecule has 0 aliphatic heterocycles. The Labute approximate surface area is 102 Å². The van der Waals surface area contributed by atoms with Gasteiger partial charge in [-0.3, -0.25) is 0 Å². The maximum Gasteiger partial charge on any atom is 0.162 e. The molecule has 17 heavy (non-hydrogen) atoms. The molecule has 1 nitrogen and oxygen atoms in total. The van der Waals surface area contributed by atoms with E-state index < -0.39 is 11.6 Å². The number of hydrogen-bond acceptors (Lipinski definition) is 1. The number of hydrogen-bond donors (Lipinski definition) is 1. The van der Waals surface area contributed by atoms with Crippen LogP contribution in [0, 0.1) is 11.6 Å². The molecule has 1 N–H and O–H groups in total. The summed E-state index contributed by atoms with van der Waals surface area (Å²) < 4.78 is 26.6. The van der Waals surface area contributed by atoms with E-state index in [1.165, 1.54) is 0 Å². The van der Waals surface area contributed by atoms with Crippen molar-refractivity contribution in [3.8, 4) is 0 Å². The predicted molar refractivity (Wildman–Crippen MR) is 67.1 cm³/mol. The fraction of sp³-hybridized carbons (Fsp3) is 0.571. The SMILES string of the molecule is CC(CCNC(C)(C)C)c1cccc(F)c1F. The van der Waals surface area contributed by atoms with E-state index in [-0.39, 0.29) is 11.5 Å². The minimum atomic E-state index is -0.766. The summed E-state index contributed by atoms with van der Waals surface area (Å²) in [6, 6.07) is 4.36. The van der Waals surface area contributed by atoms with E-state index in [0.29, 0.717) is 5.56 Å². The lowest BCUT2D eigenvalue weighted by atomic mass is 9.96. The molecule has 0 heterocycles. The number of nitrogens with one attached hydrogen (secondary N) is 1. The standard InChI is InChI=1S/C14H21F2N/c1-10(8-9-17-14(2,3)4)11-6-5-7-12(15)13(11)16/h5-7,10,17H,8-9H2,1-4H3. The lowest BCUT2D eigenvalue weighted by Gasteiger charge is -2.22. The highest BCUT2D eigenvalue weighted by Gasteiger charge is 2.15. The topological polar surface area (TPSA) is 12.0 Å². The Morgan fingerprint density at radius 2 is 1.88 bits per heavy atom. The smallest absolute Gasteiger partial charge is 0.162 e. The molecule has 1 atom stereocenters. The van der Waals surface area contributed by atoms with Gasteiger partial charge in [-0.1, -0.05) is 19.1 Å². The second kappa shape index (κ2) is 5.58. The summed E-state index contributed by atoms with van der Waals surface area (Å²) in [6.07, 6.45) is 0.789. The van der Waals surface area contributed by atoms with Gasteiger partial charge in [-0.05, 0) is 51.3 Å². The molecule has 0 aliphatic rings. The summed E-state index contributed by atoms with van der Waals surface area (Å²) in [6.45, 7) is 8.96. The van der Waals surface area contributed by atoms with Gasteiger partial charge in [0.05, 0.1) is 0 Å². The van der Waals surface area contributed by atoms with Crippen molar-refractivity contribution in [1.82, 2.24) is 5.32 Å². The van der Waals surface area contributed by atoms with Crippen molar-refractivity contribution in [2.75, 3.05) is 6.54 Å². The van der Waals surface area contributed by atoms with Crippen molar-refractivity contribution in [2.45, 2.75) is 45.6 Å². The van der Waals surface area contributed by atoms with Crippen LogP contribution < -0.4 is 5.32 Å². The molecule has 0 radical (unpaired) electrons. The predicted octanol–water partition coefficient (Wildman–Crippen LogP) is 3.85. The van der Waals surface area contributed by atoms with E-state index in [1.54, 1.807) is 12.1 Å². The first-order valence-corrected chi connectivity index (χ1v) is 6.00. The normalized spacial score (nSPS) is 13.8. The quantitative estimate of drug-likeness (QED) is 0.844. The summed E-state index contributed by atoms with van der Waals surface area (Å²) in [7, 11) is 0. The largest absolute Gasteiger partial charge is 0.312 e. The Hall–Kier alpha value is -0.960. The Kier molecular flexibility index (Phi) is 4.63. The zero-order valence-electron chi connectivity index (χ0n) is 11.0. The molecular formula is C14H21F2N. The van der Waals surface area contributed by atoms with E-state index in [9.17, 15) is 8.78 Å². The minimum Gasteiger partial charge on any atom is -0.312 e. The fourth-order valence-corrected chi connectivity index (χ4v) is 1.72. The van der Waals surface area contributed by atoms with Gasteiger partial charge in [0.15, 0.2) is 11.6 Å². The van der Waals surface area contributed by atoms with Crippen molar-refractivity contribution in [3.63, 3.8) is 0 Å². The lowest BCUT2D eigenvalue weighted by Crippen LogP contribution is -2.36. The number of benzene rings is 1. The zero-order valence-corrected chi connectivity index (χ0v) is 11.0. The van der Waals surface area contributed by atoms with Crippen LogP contribution >= 0.6 is 0 Å². The van der Waals surface area contributed by atoms with E-state index in [1.807, 2.05) is 6.92 Å². The highest BCUT2D eigenvalue weighted by molar-refractivity contribution is 5.22. The van der Waals surface area contributed by atoms with Crippen LogP contribution in [-0.2, 0) is 0 Å².